The lowest BCUT2D eigenvalue weighted by molar-refractivity contribution is 0.102. The molecule has 2 aromatic rings. The molecule has 0 unspecified atom stereocenters. The minimum Gasteiger partial charge on any atom is -0.395 e. The van der Waals surface area contributed by atoms with Crippen molar-refractivity contribution in [2.75, 3.05) is 11.9 Å². The molecule has 3 N–H and O–H groups in total. The average Bonchev–Trinajstić information content (AvgIpc) is 2.93. The smallest absolute Gasteiger partial charge is 0.258 e. The molecule has 1 amide bonds. The van der Waals surface area contributed by atoms with Gasteiger partial charge in [-0.3, -0.25) is 10.1 Å². The zero-order chi connectivity index (χ0) is 14.4. The van der Waals surface area contributed by atoms with Gasteiger partial charge in [0, 0.05) is 29.9 Å². The number of anilines is 1. The number of nitrogens with zero attached hydrogens (tertiary/aromatic N) is 1. The van der Waals surface area contributed by atoms with Crippen LogP contribution in [0.1, 0.15) is 27.9 Å². The third-order valence-electron chi connectivity index (χ3n) is 2.68. The Morgan fingerprint density at radius 3 is 3.05 bits per heavy atom. The Labute approximate surface area is 117 Å². The first-order valence-corrected chi connectivity index (χ1v) is 6.22. The summed E-state index contributed by atoms with van der Waals surface area (Å²) >= 11 is 0. The standard InChI is InChI=1S/C15H15N3O2/c1-11-5-6-12(4-2-3-9-19)10-13(11)14(20)18-15-16-7-8-17-15/h5-8,10,19H,3,9H2,1H3,(H2,16,17,18,20). The number of rotatable bonds is 3. The van der Waals surface area contributed by atoms with Gasteiger partial charge in [-0.15, -0.1) is 0 Å². The SMILES string of the molecule is Cc1ccc(C#CCCO)cc1C(=O)Nc1ncc[nH]1. The van der Waals surface area contributed by atoms with Crippen molar-refractivity contribution in [3.05, 3.63) is 47.3 Å². The van der Waals surface area contributed by atoms with E-state index in [9.17, 15) is 4.79 Å². The number of aromatic amines is 1. The van der Waals surface area contributed by atoms with Crippen LogP contribution in [0.3, 0.4) is 0 Å². The maximum absolute atomic E-state index is 12.2. The van der Waals surface area contributed by atoms with E-state index in [0.29, 0.717) is 17.9 Å². The van der Waals surface area contributed by atoms with Crippen molar-refractivity contribution in [2.24, 2.45) is 0 Å². The van der Waals surface area contributed by atoms with E-state index in [0.717, 1.165) is 11.1 Å². The summed E-state index contributed by atoms with van der Waals surface area (Å²) in [6.07, 6.45) is 3.63. The Hall–Kier alpha value is -2.58. The summed E-state index contributed by atoms with van der Waals surface area (Å²) in [4.78, 5) is 18.9. The first-order valence-electron chi connectivity index (χ1n) is 6.22. The molecule has 0 saturated heterocycles. The lowest BCUT2D eigenvalue weighted by Gasteiger charge is -2.06. The van der Waals surface area contributed by atoms with Crippen LogP contribution in [0.15, 0.2) is 30.6 Å². The van der Waals surface area contributed by atoms with Crippen LogP contribution in [0, 0.1) is 18.8 Å². The van der Waals surface area contributed by atoms with Gasteiger partial charge in [0.1, 0.15) is 0 Å². The molecule has 1 aromatic carbocycles. The largest absolute Gasteiger partial charge is 0.395 e. The third-order valence-corrected chi connectivity index (χ3v) is 2.68. The van der Waals surface area contributed by atoms with E-state index >= 15 is 0 Å². The highest BCUT2D eigenvalue weighted by Gasteiger charge is 2.10. The number of carbonyl (C=O) groups excluding carboxylic acids is 1. The Balaban J connectivity index is 2.20. The molecule has 0 atom stereocenters. The molecule has 0 fully saturated rings. The predicted octanol–water partition coefficient (Wildman–Crippen LogP) is 1.70. The fourth-order valence-corrected chi connectivity index (χ4v) is 1.67. The van der Waals surface area contributed by atoms with E-state index in [4.69, 9.17) is 5.11 Å². The third kappa shape index (κ3) is 3.46. The number of hydrogen-bond acceptors (Lipinski definition) is 3. The number of aryl methyl sites for hydroxylation is 1. The van der Waals surface area contributed by atoms with Gasteiger partial charge in [-0.2, -0.15) is 0 Å². The number of H-pyrrole nitrogens is 1. The average molecular weight is 269 g/mol. The number of carbonyl (C=O) groups is 1. The lowest BCUT2D eigenvalue weighted by Crippen LogP contribution is -2.14. The van der Waals surface area contributed by atoms with Crippen LogP contribution in [0.25, 0.3) is 0 Å². The maximum Gasteiger partial charge on any atom is 0.258 e. The van der Waals surface area contributed by atoms with Gasteiger partial charge in [0.2, 0.25) is 5.95 Å². The molecule has 0 aliphatic rings. The number of aliphatic hydroxyl groups excluding tert-OH is 1. The van der Waals surface area contributed by atoms with Crippen molar-refractivity contribution in [2.45, 2.75) is 13.3 Å². The molecule has 0 aliphatic carbocycles. The molecule has 0 spiro atoms. The van der Waals surface area contributed by atoms with Crippen LogP contribution in [0.5, 0.6) is 0 Å². The van der Waals surface area contributed by atoms with Crippen LogP contribution in [-0.2, 0) is 0 Å². The van der Waals surface area contributed by atoms with Gasteiger partial charge in [-0.1, -0.05) is 17.9 Å². The molecular weight excluding hydrogens is 254 g/mol. The van der Waals surface area contributed by atoms with Crippen LogP contribution >= 0.6 is 0 Å². The van der Waals surface area contributed by atoms with Crippen molar-refractivity contribution >= 4 is 11.9 Å². The predicted molar refractivity (Wildman–Crippen MR) is 76.3 cm³/mol. The van der Waals surface area contributed by atoms with Crippen LogP contribution < -0.4 is 5.32 Å². The molecule has 20 heavy (non-hydrogen) atoms. The number of benzene rings is 1. The van der Waals surface area contributed by atoms with E-state index in [2.05, 4.69) is 27.1 Å². The fourth-order valence-electron chi connectivity index (χ4n) is 1.67. The number of hydrogen-bond donors (Lipinski definition) is 3. The Morgan fingerprint density at radius 2 is 2.35 bits per heavy atom. The van der Waals surface area contributed by atoms with Crippen molar-refractivity contribution in [1.29, 1.82) is 0 Å². The molecular formula is C15H15N3O2. The van der Waals surface area contributed by atoms with Gasteiger partial charge < -0.3 is 10.1 Å². The van der Waals surface area contributed by atoms with Crippen LogP contribution in [0.2, 0.25) is 0 Å². The topological polar surface area (TPSA) is 78.0 Å². The summed E-state index contributed by atoms with van der Waals surface area (Å²) in [6.45, 7) is 1.90. The second kappa shape index (κ2) is 6.55. The van der Waals surface area contributed by atoms with Gasteiger partial charge in [0.15, 0.2) is 0 Å². The van der Waals surface area contributed by atoms with E-state index in [1.165, 1.54) is 0 Å². The molecule has 0 aliphatic heterocycles. The minimum absolute atomic E-state index is 0.0324. The van der Waals surface area contributed by atoms with Crippen LogP contribution in [-0.4, -0.2) is 27.6 Å². The first kappa shape index (κ1) is 13.8. The van der Waals surface area contributed by atoms with E-state index in [-0.39, 0.29) is 12.5 Å². The van der Waals surface area contributed by atoms with E-state index in [1.807, 2.05) is 19.1 Å². The summed E-state index contributed by atoms with van der Waals surface area (Å²) in [5.41, 5.74) is 2.16. The summed E-state index contributed by atoms with van der Waals surface area (Å²) in [5, 5.41) is 11.4. The monoisotopic (exact) mass is 269 g/mol. The molecule has 102 valence electrons. The molecule has 1 heterocycles. The molecule has 2 rings (SSSR count). The van der Waals surface area contributed by atoms with Crippen molar-refractivity contribution in [1.82, 2.24) is 9.97 Å². The summed E-state index contributed by atoms with van der Waals surface area (Å²) in [5.74, 6) is 5.92. The van der Waals surface area contributed by atoms with Gasteiger partial charge in [0.05, 0.1) is 6.61 Å². The summed E-state index contributed by atoms with van der Waals surface area (Å²) in [6, 6.07) is 5.43. The zero-order valence-corrected chi connectivity index (χ0v) is 11.1. The molecule has 5 nitrogen and oxygen atoms in total. The van der Waals surface area contributed by atoms with Gasteiger partial charge >= 0.3 is 0 Å². The minimum atomic E-state index is -0.233. The number of aromatic nitrogens is 2. The van der Waals surface area contributed by atoms with Gasteiger partial charge in [-0.25, -0.2) is 4.98 Å². The molecule has 0 saturated carbocycles. The highest BCUT2D eigenvalue weighted by atomic mass is 16.2. The first-order chi connectivity index (χ1) is 9.70. The van der Waals surface area contributed by atoms with Crippen LogP contribution in [0.4, 0.5) is 5.95 Å². The Kier molecular flexibility index (Phi) is 4.53. The van der Waals surface area contributed by atoms with E-state index in [1.54, 1.807) is 18.5 Å². The number of aliphatic hydroxyl groups is 1. The highest BCUT2D eigenvalue weighted by Crippen LogP contribution is 2.12. The van der Waals surface area contributed by atoms with Crippen molar-refractivity contribution in [3.63, 3.8) is 0 Å². The molecule has 1 aromatic heterocycles. The number of nitrogens with one attached hydrogen (secondary N) is 2. The number of imidazole rings is 1. The number of amides is 1. The quantitative estimate of drug-likeness (QED) is 0.742. The van der Waals surface area contributed by atoms with Gasteiger partial charge in [-0.05, 0) is 24.6 Å². The van der Waals surface area contributed by atoms with Gasteiger partial charge in [0.25, 0.3) is 5.91 Å². The Morgan fingerprint density at radius 1 is 1.50 bits per heavy atom. The second-order valence-electron chi connectivity index (χ2n) is 4.20. The van der Waals surface area contributed by atoms with Crippen molar-refractivity contribution in [3.8, 4) is 11.8 Å². The molecule has 5 heteroatoms. The molecule has 0 bridgehead atoms. The lowest BCUT2D eigenvalue weighted by atomic mass is 10.0. The molecule has 0 radical (unpaired) electrons. The fraction of sp³-hybridized carbons (Fsp3) is 0.200. The second-order valence-corrected chi connectivity index (χ2v) is 4.20. The van der Waals surface area contributed by atoms with E-state index < -0.39 is 0 Å². The normalized spacial score (nSPS) is 9.70. The highest BCUT2D eigenvalue weighted by molar-refractivity contribution is 6.04. The van der Waals surface area contributed by atoms with Crippen molar-refractivity contribution < 1.29 is 9.90 Å². The maximum atomic E-state index is 12.2. The Bertz CT molecular complexity index is 651. The summed E-state index contributed by atoms with van der Waals surface area (Å²) in [7, 11) is 0. The summed E-state index contributed by atoms with van der Waals surface area (Å²) < 4.78 is 0. The zero-order valence-electron chi connectivity index (χ0n) is 11.1.